The topological polar surface area (TPSA) is 56.1 Å². The van der Waals surface area contributed by atoms with Crippen molar-refractivity contribution in [2.75, 3.05) is 19.6 Å². The fourth-order valence-electron chi connectivity index (χ4n) is 3.74. The highest BCUT2D eigenvalue weighted by molar-refractivity contribution is 5.96. The molecule has 4 heteroatoms. The van der Waals surface area contributed by atoms with Crippen molar-refractivity contribution >= 4 is 5.91 Å². The molecule has 2 fully saturated rings. The van der Waals surface area contributed by atoms with E-state index in [-0.39, 0.29) is 5.91 Å². The minimum Gasteiger partial charge on any atom is -0.352 e. The van der Waals surface area contributed by atoms with Gasteiger partial charge in [-0.2, -0.15) is 5.26 Å². The fraction of sp³-hybridized carbons (Fsp3) is 0.556. The van der Waals surface area contributed by atoms with Crippen LogP contribution in [0.3, 0.4) is 0 Å². The maximum absolute atomic E-state index is 12.2. The third kappa shape index (κ3) is 3.31. The molecule has 0 spiro atoms. The predicted molar refractivity (Wildman–Crippen MR) is 85.4 cm³/mol. The maximum Gasteiger partial charge on any atom is 0.252 e. The maximum atomic E-state index is 12.2. The lowest BCUT2D eigenvalue weighted by molar-refractivity contribution is 0.0946. The van der Waals surface area contributed by atoms with Gasteiger partial charge >= 0.3 is 0 Å². The van der Waals surface area contributed by atoms with Gasteiger partial charge in [0, 0.05) is 19.1 Å². The number of rotatable bonds is 4. The van der Waals surface area contributed by atoms with E-state index < -0.39 is 0 Å². The number of amides is 1. The standard InChI is InChI=1S/C18H23N3O/c19-11-15-5-1-4-8-17(15)18(22)20-12-14-9-10-21(13-14)16-6-2-3-7-16/h1,4-5,8,14,16H,2-3,6-7,9-10,12-13H2,(H,20,22)/t14-/m0/s1. The Morgan fingerprint density at radius 2 is 2.05 bits per heavy atom. The second-order valence-electron chi connectivity index (χ2n) is 6.46. The van der Waals surface area contributed by atoms with Crippen LogP contribution in [0, 0.1) is 17.2 Å². The van der Waals surface area contributed by atoms with E-state index in [1.54, 1.807) is 24.3 Å². The van der Waals surface area contributed by atoms with Crippen molar-refractivity contribution in [3.05, 3.63) is 35.4 Å². The molecule has 0 bridgehead atoms. The molecule has 0 radical (unpaired) electrons. The van der Waals surface area contributed by atoms with Crippen molar-refractivity contribution in [3.63, 3.8) is 0 Å². The Bertz CT molecular complexity index is 572. The second-order valence-corrected chi connectivity index (χ2v) is 6.46. The lowest BCUT2D eigenvalue weighted by atomic mass is 10.1. The van der Waals surface area contributed by atoms with Crippen molar-refractivity contribution in [1.82, 2.24) is 10.2 Å². The molecule has 1 N–H and O–H groups in total. The van der Waals surface area contributed by atoms with E-state index in [0.29, 0.717) is 23.6 Å². The molecule has 2 aliphatic rings. The minimum atomic E-state index is -0.128. The highest BCUT2D eigenvalue weighted by atomic mass is 16.1. The van der Waals surface area contributed by atoms with Gasteiger partial charge in [-0.25, -0.2) is 0 Å². The summed E-state index contributed by atoms with van der Waals surface area (Å²) in [5.41, 5.74) is 0.926. The smallest absolute Gasteiger partial charge is 0.252 e. The molecule has 1 aromatic rings. The average Bonchev–Trinajstić information content (AvgIpc) is 3.23. The van der Waals surface area contributed by atoms with Crippen molar-refractivity contribution in [1.29, 1.82) is 5.26 Å². The van der Waals surface area contributed by atoms with Crippen LogP contribution in [0.1, 0.15) is 48.0 Å². The van der Waals surface area contributed by atoms with E-state index in [1.807, 2.05) is 0 Å². The van der Waals surface area contributed by atoms with Gasteiger partial charge in [0.1, 0.15) is 0 Å². The number of hydrogen-bond donors (Lipinski definition) is 1. The van der Waals surface area contributed by atoms with Crippen molar-refractivity contribution < 1.29 is 4.79 Å². The Hall–Kier alpha value is -1.86. The predicted octanol–water partition coefficient (Wildman–Crippen LogP) is 2.55. The lowest BCUT2D eigenvalue weighted by Crippen LogP contribution is -2.34. The third-order valence-electron chi connectivity index (χ3n) is 5.00. The first-order valence-corrected chi connectivity index (χ1v) is 8.29. The Morgan fingerprint density at radius 3 is 2.82 bits per heavy atom. The summed E-state index contributed by atoms with van der Waals surface area (Å²) in [6, 6.07) is 9.84. The minimum absolute atomic E-state index is 0.128. The molecule has 1 heterocycles. The number of hydrogen-bond acceptors (Lipinski definition) is 3. The second kappa shape index (κ2) is 6.93. The molecule has 1 atom stereocenters. The van der Waals surface area contributed by atoms with Crippen molar-refractivity contribution in [2.45, 2.75) is 38.1 Å². The fourth-order valence-corrected chi connectivity index (χ4v) is 3.74. The molecule has 0 unspecified atom stereocenters. The Balaban J connectivity index is 1.50. The summed E-state index contributed by atoms with van der Waals surface area (Å²) in [6.45, 7) is 2.98. The normalized spacial score (nSPS) is 22.6. The quantitative estimate of drug-likeness (QED) is 0.929. The molecule has 0 aromatic heterocycles. The molecule has 1 aliphatic heterocycles. The van der Waals surface area contributed by atoms with Gasteiger partial charge in [0.15, 0.2) is 0 Å². The van der Waals surface area contributed by atoms with Crippen LogP contribution in [-0.4, -0.2) is 36.5 Å². The molecule has 1 amide bonds. The lowest BCUT2D eigenvalue weighted by Gasteiger charge is -2.23. The van der Waals surface area contributed by atoms with Gasteiger partial charge in [-0.05, 0) is 43.9 Å². The van der Waals surface area contributed by atoms with Crippen LogP contribution in [0.2, 0.25) is 0 Å². The number of benzene rings is 1. The van der Waals surface area contributed by atoms with E-state index in [0.717, 1.165) is 19.0 Å². The highest BCUT2D eigenvalue weighted by Crippen LogP contribution is 2.28. The average molecular weight is 297 g/mol. The summed E-state index contributed by atoms with van der Waals surface area (Å²) >= 11 is 0. The van der Waals surface area contributed by atoms with Gasteiger partial charge in [-0.15, -0.1) is 0 Å². The van der Waals surface area contributed by atoms with E-state index in [2.05, 4.69) is 16.3 Å². The zero-order chi connectivity index (χ0) is 15.4. The summed E-state index contributed by atoms with van der Waals surface area (Å²) in [5, 5.41) is 12.1. The van der Waals surface area contributed by atoms with Gasteiger partial charge in [0.25, 0.3) is 5.91 Å². The van der Waals surface area contributed by atoms with Crippen molar-refractivity contribution in [2.24, 2.45) is 5.92 Å². The molecule has 1 saturated heterocycles. The van der Waals surface area contributed by atoms with Gasteiger partial charge in [-0.3, -0.25) is 4.79 Å². The molecule has 1 aromatic carbocycles. The molecule has 4 nitrogen and oxygen atoms in total. The van der Waals surface area contributed by atoms with Gasteiger partial charge in [-0.1, -0.05) is 25.0 Å². The molecule has 1 aliphatic carbocycles. The van der Waals surface area contributed by atoms with E-state index >= 15 is 0 Å². The van der Waals surface area contributed by atoms with Gasteiger partial charge in [0.05, 0.1) is 17.2 Å². The highest BCUT2D eigenvalue weighted by Gasteiger charge is 2.30. The van der Waals surface area contributed by atoms with E-state index in [1.165, 1.54) is 32.2 Å². The molecular formula is C18H23N3O. The Kier molecular flexibility index (Phi) is 4.74. The van der Waals surface area contributed by atoms with E-state index in [4.69, 9.17) is 5.26 Å². The summed E-state index contributed by atoms with van der Waals surface area (Å²) in [5.74, 6) is 0.412. The summed E-state index contributed by atoms with van der Waals surface area (Å²) < 4.78 is 0. The Morgan fingerprint density at radius 1 is 1.27 bits per heavy atom. The molecule has 116 valence electrons. The summed E-state index contributed by atoms with van der Waals surface area (Å²) in [4.78, 5) is 14.8. The zero-order valence-electron chi connectivity index (χ0n) is 12.9. The summed E-state index contributed by atoms with van der Waals surface area (Å²) in [7, 11) is 0. The number of carbonyl (C=O) groups excluding carboxylic acids is 1. The van der Waals surface area contributed by atoms with Crippen LogP contribution >= 0.6 is 0 Å². The van der Waals surface area contributed by atoms with Crippen LogP contribution in [0.15, 0.2) is 24.3 Å². The van der Waals surface area contributed by atoms with Crippen LogP contribution < -0.4 is 5.32 Å². The molecular weight excluding hydrogens is 274 g/mol. The molecule has 22 heavy (non-hydrogen) atoms. The van der Waals surface area contributed by atoms with Gasteiger partial charge in [0.2, 0.25) is 0 Å². The first-order valence-electron chi connectivity index (χ1n) is 8.29. The van der Waals surface area contributed by atoms with E-state index in [9.17, 15) is 4.79 Å². The number of nitriles is 1. The first kappa shape index (κ1) is 15.1. The zero-order valence-corrected chi connectivity index (χ0v) is 12.9. The van der Waals surface area contributed by atoms with Crippen molar-refractivity contribution in [3.8, 4) is 6.07 Å². The van der Waals surface area contributed by atoms with Crippen LogP contribution in [-0.2, 0) is 0 Å². The van der Waals surface area contributed by atoms with Crippen LogP contribution in [0.4, 0.5) is 0 Å². The number of likely N-dealkylation sites (tertiary alicyclic amines) is 1. The summed E-state index contributed by atoms with van der Waals surface area (Å²) in [6.07, 6.45) is 6.58. The Labute approximate surface area is 132 Å². The van der Waals surface area contributed by atoms with Gasteiger partial charge < -0.3 is 10.2 Å². The first-order chi connectivity index (χ1) is 10.8. The number of nitrogens with one attached hydrogen (secondary N) is 1. The number of nitrogens with zero attached hydrogens (tertiary/aromatic N) is 2. The SMILES string of the molecule is N#Cc1ccccc1C(=O)NC[C@@H]1CCN(C2CCCC2)C1. The molecule has 1 saturated carbocycles. The monoisotopic (exact) mass is 297 g/mol. The van der Waals surface area contributed by atoms with Crippen LogP contribution in [0.25, 0.3) is 0 Å². The molecule has 3 rings (SSSR count). The largest absolute Gasteiger partial charge is 0.352 e. The number of carbonyl (C=O) groups is 1. The van der Waals surface area contributed by atoms with Crippen LogP contribution in [0.5, 0.6) is 0 Å². The third-order valence-corrected chi connectivity index (χ3v) is 5.00.